The molecule has 0 radical (unpaired) electrons. The molecule has 1 N–H and O–H groups in total. The van der Waals surface area contributed by atoms with Crippen LogP contribution in [0.3, 0.4) is 0 Å². The number of thioether (sulfide) groups is 2. The van der Waals surface area contributed by atoms with Gasteiger partial charge in [0, 0.05) is 19.1 Å². The number of nitrogens with zero attached hydrogens (tertiary/aromatic N) is 4. The van der Waals surface area contributed by atoms with Crippen LogP contribution < -0.4 is 5.32 Å². The second-order valence-corrected chi connectivity index (χ2v) is 7.92. The molecule has 23 heavy (non-hydrogen) atoms. The first-order valence-electron chi connectivity index (χ1n) is 7.34. The Morgan fingerprint density at radius 2 is 2.26 bits per heavy atom. The summed E-state index contributed by atoms with van der Waals surface area (Å²) in [5.74, 6) is 1.52. The lowest BCUT2D eigenvalue weighted by Crippen LogP contribution is -2.37. The van der Waals surface area contributed by atoms with Gasteiger partial charge in [-0.1, -0.05) is 35.7 Å². The molecular weight excluding hydrogens is 354 g/mol. The first-order chi connectivity index (χ1) is 11.1. The lowest BCUT2D eigenvalue weighted by molar-refractivity contribution is -0.124. The van der Waals surface area contributed by atoms with Crippen molar-refractivity contribution in [1.29, 1.82) is 0 Å². The number of thiocarbonyl (C=S) groups is 1. The van der Waals surface area contributed by atoms with Gasteiger partial charge in [-0.25, -0.2) is 0 Å². The molecule has 0 spiro atoms. The SMILES string of the molecule is Cc1nnc(SCC(=O)NCCN2C(=O)CSC2=S)n1C1CC1. The van der Waals surface area contributed by atoms with E-state index < -0.39 is 0 Å². The second kappa shape index (κ2) is 7.18. The Morgan fingerprint density at radius 1 is 1.48 bits per heavy atom. The highest BCUT2D eigenvalue weighted by molar-refractivity contribution is 8.23. The van der Waals surface area contributed by atoms with E-state index in [-0.39, 0.29) is 17.6 Å². The number of rotatable bonds is 7. The zero-order valence-corrected chi connectivity index (χ0v) is 15.1. The fourth-order valence-corrected chi connectivity index (χ4v) is 4.29. The zero-order chi connectivity index (χ0) is 16.4. The molecule has 0 bridgehead atoms. The summed E-state index contributed by atoms with van der Waals surface area (Å²) < 4.78 is 2.70. The number of carbonyl (C=O) groups excluding carboxylic acids is 2. The highest BCUT2D eigenvalue weighted by atomic mass is 32.2. The van der Waals surface area contributed by atoms with Gasteiger partial charge in [-0.05, 0) is 19.8 Å². The third-order valence-electron chi connectivity index (χ3n) is 3.58. The van der Waals surface area contributed by atoms with Gasteiger partial charge >= 0.3 is 0 Å². The molecule has 7 nitrogen and oxygen atoms in total. The van der Waals surface area contributed by atoms with Crippen molar-refractivity contribution < 1.29 is 9.59 Å². The minimum Gasteiger partial charge on any atom is -0.354 e. The summed E-state index contributed by atoms with van der Waals surface area (Å²) in [6.07, 6.45) is 2.31. The maximum Gasteiger partial charge on any atom is 0.238 e. The molecule has 2 fully saturated rings. The Kier molecular flexibility index (Phi) is 5.22. The van der Waals surface area contributed by atoms with Crippen LogP contribution in [0.15, 0.2) is 5.16 Å². The minimum absolute atomic E-state index is 0.0108. The Balaban J connectivity index is 1.42. The van der Waals surface area contributed by atoms with Crippen molar-refractivity contribution in [2.75, 3.05) is 24.6 Å². The van der Waals surface area contributed by atoms with Crippen LogP contribution >= 0.6 is 35.7 Å². The van der Waals surface area contributed by atoms with Crippen LogP contribution in [0, 0.1) is 6.92 Å². The van der Waals surface area contributed by atoms with E-state index >= 15 is 0 Å². The highest BCUT2D eigenvalue weighted by Crippen LogP contribution is 2.38. The second-order valence-electron chi connectivity index (χ2n) is 5.37. The van der Waals surface area contributed by atoms with Crippen molar-refractivity contribution in [3.63, 3.8) is 0 Å². The van der Waals surface area contributed by atoms with Crippen molar-refractivity contribution in [3.8, 4) is 0 Å². The van der Waals surface area contributed by atoms with Crippen molar-refractivity contribution in [3.05, 3.63) is 5.82 Å². The molecule has 1 saturated heterocycles. The fourth-order valence-electron chi connectivity index (χ4n) is 2.29. The Bertz CT molecular complexity index is 628. The number of hydrogen-bond acceptors (Lipinski definition) is 7. The highest BCUT2D eigenvalue weighted by Gasteiger charge is 2.28. The predicted octanol–water partition coefficient (Wildman–Crippen LogP) is 0.990. The summed E-state index contributed by atoms with van der Waals surface area (Å²) in [7, 11) is 0. The van der Waals surface area contributed by atoms with E-state index in [4.69, 9.17) is 12.2 Å². The van der Waals surface area contributed by atoms with Gasteiger partial charge < -0.3 is 9.88 Å². The molecule has 1 aromatic rings. The molecule has 10 heteroatoms. The molecule has 3 rings (SSSR count). The quantitative estimate of drug-likeness (QED) is 0.565. The van der Waals surface area contributed by atoms with Gasteiger partial charge in [0.15, 0.2) is 5.16 Å². The molecule has 2 heterocycles. The zero-order valence-electron chi connectivity index (χ0n) is 12.7. The summed E-state index contributed by atoms with van der Waals surface area (Å²) >= 11 is 7.85. The summed E-state index contributed by atoms with van der Waals surface area (Å²) in [4.78, 5) is 25.0. The number of carbonyl (C=O) groups is 2. The fraction of sp³-hybridized carbons (Fsp3) is 0.615. The molecule has 0 aromatic carbocycles. The van der Waals surface area contributed by atoms with Gasteiger partial charge in [0.1, 0.15) is 10.1 Å². The van der Waals surface area contributed by atoms with Crippen molar-refractivity contribution >= 4 is 51.9 Å². The molecule has 124 valence electrons. The molecule has 1 saturated carbocycles. The van der Waals surface area contributed by atoms with E-state index in [1.807, 2.05) is 6.92 Å². The smallest absolute Gasteiger partial charge is 0.238 e. The Labute approximate surface area is 147 Å². The average molecular weight is 372 g/mol. The molecule has 0 atom stereocenters. The van der Waals surface area contributed by atoms with Gasteiger partial charge in [0.05, 0.1) is 11.5 Å². The van der Waals surface area contributed by atoms with E-state index in [9.17, 15) is 9.59 Å². The van der Waals surface area contributed by atoms with Crippen LogP contribution in [-0.4, -0.2) is 60.4 Å². The van der Waals surface area contributed by atoms with Crippen molar-refractivity contribution in [2.45, 2.75) is 31.0 Å². The third-order valence-corrected chi connectivity index (χ3v) is 5.95. The van der Waals surface area contributed by atoms with Crippen molar-refractivity contribution in [2.24, 2.45) is 0 Å². The number of aryl methyl sites for hydroxylation is 1. The van der Waals surface area contributed by atoms with Crippen molar-refractivity contribution in [1.82, 2.24) is 25.0 Å². The van der Waals surface area contributed by atoms with Gasteiger partial charge in [-0.15, -0.1) is 10.2 Å². The van der Waals surface area contributed by atoms with E-state index in [0.717, 1.165) is 23.8 Å². The Hall–Kier alpha value is -1.13. The number of amides is 2. The summed E-state index contributed by atoms with van der Waals surface area (Å²) in [6, 6.07) is 0.496. The van der Waals surface area contributed by atoms with Gasteiger partial charge in [-0.3, -0.25) is 14.5 Å². The van der Waals surface area contributed by atoms with Gasteiger partial charge in [0.2, 0.25) is 11.8 Å². The topological polar surface area (TPSA) is 80.1 Å². The summed E-state index contributed by atoms with van der Waals surface area (Å²) in [5, 5.41) is 11.8. The molecule has 1 aromatic heterocycles. The van der Waals surface area contributed by atoms with E-state index in [0.29, 0.717) is 29.2 Å². The van der Waals surface area contributed by atoms with E-state index in [2.05, 4.69) is 20.1 Å². The standard InChI is InChI=1S/C13H17N5O2S3/c1-8-15-16-12(18(8)9-2-3-9)22-6-10(19)14-4-5-17-11(20)7-23-13(17)21/h9H,2-7H2,1H3,(H,14,19). The van der Waals surface area contributed by atoms with Crippen LogP contribution in [0.4, 0.5) is 0 Å². The first-order valence-corrected chi connectivity index (χ1v) is 9.72. The maximum absolute atomic E-state index is 11.9. The molecular formula is C13H17N5O2S3. The van der Waals surface area contributed by atoms with E-state index in [1.54, 1.807) is 4.90 Å². The number of aromatic nitrogens is 3. The monoisotopic (exact) mass is 371 g/mol. The Morgan fingerprint density at radius 3 is 2.91 bits per heavy atom. The normalized spacial score (nSPS) is 17.9. The molecule has 2 aliphatic rings. The van der Waals surface area contributed by atoms with Crippen LogP contribution in [0.1, 0.15) is 24.7 Å². The largest absolute Gasteiger partial charge is 0.354 e. The lowest BCUT2D eigenvalue weighted by atomic mass is 10.5. The predicted molar refractivity (Wildman–Crippen MR) is 93.5 cm³/mol. The van der Waals surface area contributed by atoms with Gasteiger partial charge in [-0.2, -0.15) is 0 Å². The van der Waals surface area contributed by atoms with Crippen LogP contribution in [0.2, 0.25) is 0 Å². The van der Waals surface area contributed by atoms with Gasteiger partial charge in [0.25, 0.3) is 0 Å². The molecule has 0 unspecified atom stereocenters. The van der Waals surface area contributed by atoms with E-state index in [1.165, 1.54) is 23.5 Å². The summed E-state index contributed by atoms with van der Waals surface area (Å²) in [5.41, 5.74) is 0. The number of hydrogen-bond donors (Lipinski definition) is 1. The molecule has 1 aliphatic heterocycles. The minimum atomic E-state index is -0.0804. The number of nitrogens with one attached hydrogen (secondary N) is 1. The lowest BCUT2D eigenvalue weighted by Gasteiger charge is -2.15. The maximum atomic E-state index is 11.9. The molecule has 1 aliphatic carbocycles. The first kappa shape index (κ1) is 16.7. The summed E-state index contributed by atoms with van der Waals surface area (Å²) in [6.45, 7) is 2.77. The average Bonchev–Trinajstić information content (AvgIpc) is 3.22. The van der Waals surface area contributed by atoms with Crippen LogP contribution in [0.25, 0.3) is 0 Å². The van der Waals surface area contributed by atoms with Crippen LogP contribution in [-0.2, 0) is 9.59 Å². The van der Waals surface area contributed by atoms with Crippen LogP contribution in [0.5, 0.6) is 0 Å². The molecule has 2 amide bonds. The third kappa shape index (κ3) is 4.04.